The molecule has 0 heterocycles. The van der Waals surface area contributed by atoms with Gasteiger partial charge in [-0.3, -0.25) is 9.10 Å². The largest absolute Gasteiger partial charge is 0.494 e. The summed E-state index contributed by atoms with van der Waals surface area (Å²) in [4.78, 5) is 12.7. The Hall–Kier alpha value is -3.59. The second kappa shape index (κ2) is 11.5. The van der Waals surface area contributed by atoms with Crippen molar-refractivity contribution < 1.29 is 27.1 Å². The van der Waals surface area contributed by atoms with E-state index in [1.807, 2.05) is 32.0 Å². The van der Waals surface area contributed by atoms with Crippen molar-refractivity contribution in [3.8, 4) is 11.5 Å². The van der Waals surface area contributed by atoms with Gasteiger partial charge >= 0.3 is 0 Å². The highest BCUT2D eigenvalue weighted by Crippen LogP contribution is 2.25. The Balaban J connectivity index is 1.81. The molecule has 34 heavy (non-hydrogen) atoms. The highest BCUT2D eigenvalue weighted by molar-refractivity contribution is 7.92. The van der Waals surface area contributed by atoms with Crippen LogP contribution in [0, 0.1) is 5.82 Å². The first-order valence-corrected chi connectivity index (χ1v) is 12.3. The SMILES string of the molecule is CCOc1ccc(S(=O)(=O)N(CC(=O)NCc2cccc(OCC)c2)c2ccc(F)cc2)cc1. The summed E-state index contributed by atoms with van der Waals surface area (Å²) < 4.78 is 52.1. The summed E-state index contributed by atoms with van der Waals surface area (Å²) >= 11 is 0. The lowest BCUT2D eigenvalue weighted by Gasteiger charge is -2.24. The summed E-state index contributed by atoms with van der Waals surface area (Å²) in [5.41, 5.74) is 0.978. The summed E-state index contributed by atoms with van der Waals surface area (Å²) in [5, 5.41) is 2.73. The molecule has 3 rings (SSSR count). The fourth-order valence-corrected chi connectivity index (χ4v) is 4.64. The van der Waals surface area contributed by atoms with Crippen molar-refractivity contribution in [2.24, 2.45) is 0 Å². The second-order valence-corrected chi connectivity index (χ2v) is 9.11. The fraction of sp³-hybridized carbons (Fsp3) is 0.240. The summed E-state index contributed by atoms with van der Waals surface area (Å²) in [6, 6.07) is 18.1. The molecule has 0 saturated carbocycles. The minimum absolute atomic E-state index is 0.0162. The average molecular weight is 487 g/mol. The lowest BCUT2D eigenvalue weighted by Crippen LogP contribution is -2.40. The normalized spacial score (nSPS) is 11.0. The van der Waals surface area contributed by atoms with Crippen molar-refractivity contribution in [3.63, 3.8) is 0 Å². The maximum absolute atomic E-state index is 13.5. The molecular formula is C25H27FN2O5S. The molecule has 3 aromatic rings. The monoisotopic (exact) mass is 486 g/mol. The highest BCUT2D eigenvalue weighted by atomic mass is 32.2. The van der Waals surface area contributed by atoms with E-state index in [2.05, 4.69) is 5.32 Å². The zero-order valence-electron chi connectivity index (χ0n) is 19.0. The minimum atomic E-state index is -4.12. The summed E-state index contributed by atoms with van der Waals surface area (Å²) in [6.45, 7) is 4.38. The topological polar surface area (TPSA) is 84.9 Å². The van der Waals surface area contributed by atoms with Gasteiger partial charge in [-0.2, -0.15) is 0 Å². The van der Waals surface area contributed by atoms with Gasteiger partial charge < -0.3 is 14.8 Å². The number of amides is 1. The molecule has 0 aliphatic carbocycles. The molecule has 0 saturated heterocycles. The molecule has 180 valence electrons. The number of halogens is 1. The summed E-state index contributed by atoms with van der Waals surface area (Å²) in [6.07, 6.45) is 0. The Morgan fingerprint density at radius 2 is 1.56 bits per heavy atom. The van der Waals surface area contributed by atoms with Gasteiger partial charge in [0, 0.05) is 6.54 Å². The molecule has 0 aromatic heterocycles. The van der Waals surface area contributed by atoms with Gasteiger partial charge in [-0.1, -0.05) is 12.1 Å². The molecule has 1 amide bonds. The molecule has 0 aliphatic heterocycles. The van der Waals surface area contributed by atoms with E-state index < -0.39 is 28.3 Å². The van der Waals surface area contributed by atoms with E-state index in [4.69, 9.17) is 9.47 Å². The molecule has 3 aromatic carbocycles. The highest BCUT2D eigenvalue weighted by Gasteiger charge is 2.27. The van der Waals surface area contributed by atoms with Crippen LogP contribution in [0.4, 0.5) is 10.1 Å². The number of hydrogen-bond acceptors (Lipinski definition) is 5. The van der Waals surface area contributed by atoms with Gasteiger partial charge in [0.25, 0.3) is 10.0 Å². The van der Waals surface area contributed by atoms with Crippen LogP contribution in [0.25, 0.3) is 0 Å². The molecule has 1 N–H and O–H groups in total. The quantitative estimate of drug-likeness (QED) is 0.441. The standard InChI is InChI=1S/C25H27FN2O5S/c1-3-32-22-12-14-24(15-13-22)34(30,31)28(21-10-8-20(26)9-11-21)18-25(29)27-17-19-6-5-7-23(16-19)33-4-2/h5-16H,3-4,17-18H2,1-2H3,(H,27,29). The van der Waals surface area contributed by atoms with Crippen molar-refractivity contribution in [1.82, 2.24) is 5.32 Å². The summed E-state index contributed by atoms with van der Waals surface area (Å²) in [7, 11) is -4.12. The van der Waals surface area contributed by atoms with Gasteiger partial charge in [-0.25, -0.2) is 12.8 Å². The number of nitrogens with zero attached hydrogens (tertiary/aromatic N) is 1. The van der Waals surface area contributed by atoms with Crippen molar-refractivity contribution >= 4 is 21.6 Å². The zero-order valence-corrected chi connectivity index (χ0v) is 19.8. The molecule has 0 atom stereocenters. The van der Waals surface area contributed by atoms with Crippen LogP contribution in [-0.4, -0.2) is 34.1 Å². The van der Waals surface area contributed by atoms with Gasteiger partial charge in [-0.05, 0) is 80.1 Å². The number of hydrogen-bond donors (Lipinski definition) is 1. The predicted molar refractivity (Wildman–Crippen MR) is 128 cm³/mol. The maximum atomic E-state index is 13.5. The summed E-state index contributed by atoms with van der Waals surface area (Å²) in [5.74, 6) is 0.184. The molecule has 0 unspecified atom stereocenters. The first-order chi connectivity index (χ1) is 16.3. The molecule has 0 fully saturated rings. The van der Waals surface area contributed by atoms with Crippen LogP contribution in [0.2, 0.25) is 0 Å². The Bertz CT molecular complexity index is 1200. The molecular weight excluding hydrogens is 459 g/mol. The second-order valence-electron chi connectivity index (χ2n) is 7.25. The van der Waals surface area contributed by atoms with E-state index in [-0.39, 0.29) is 17.1 Å². The number of rotatable bonds is 11. The van der Waals surface area contributed by atoms with Crippen LogP contribution in [0.15, 0.2) is 77.7 Å². The fourth-order valence-electron chi connectivity index (χ4n) is 3.22. The van der Waals surface area contributed by atoms with Gasteiger partial charge in [0.05, 0.1) is 23.8 Å². The third-order valence-corrected chi connectivity index (χ3v) is 6.61. The van der Waals surface area contributed by atoms with E-state index in [1.54, 1.807) is 18.2 Å². The number of carbonyl (C=O) groups is 1. The average Bonchev–Trinajstić information content (AvgIpc) is 2.83. The molecule has 0 bridgehead atoms. The molecule has 0 aliphatic rings. The zero-order chi connectivity index (χ0) is 24.6. The Morgan fingerprint density at radius 1 is 0.912 bits per heavy atom. The maximum Gasteiger partial charge on any atom is 0.264 e. The molecule has 7 nitrogen and oxygen atoms in total. The van der Waals surface area contributed by atoms with E-state index in [1.165, 1.54) is 24.3 Å². The number of anilines is 1. The van der Waals surface area contributed by atoms with Crippen molar-refractivity contribution in [3.05, 3.63) is 84.2 Å². The van der Waals surface area contributed by atoms with Gasteiger partial charge in [0.15, 0.2) is 0 Å². The van der Waals surface area contributed by atoms with Gasteiger partial charge in [0.1, 0.15) is 23.9 Å². The third-order valence-electron chi connectivity index (χ3n) is 4.82. The minimum Gasteiger partial charge on any atom is -0.494 e. The van der Waals surface area contributed by atoms with E-state index in [0.29, 0.717) is 24.7 Å². The number of nitrogens with one attached hydrogen (secondary N) is 1. The van der Waals surface area contributed by atoms with Gasteiger partial charge in [-0.15, -0.1) is 0 Å². The molecule has 0 radical (unpaired) electrons. The predicted octanol–water partition coefficient (Wildman–Crippen LogP) is 4.13. The van der Waals surface area contributed by atoms with Crippen molar-refractivity contribution in [1.29, 1.82) is 0 Å². The number of benzene rings is 3. The Labute approximate surface area is 199 Å². The van der Waals surface area contributed by atoms with Gasteiger partial charge in [0.2, 0.25) is 5.91 Å². The number of carbonyl (C=O) groups excluding carboxylic acids is 1. The van der Waals surface area contributed by atoms with Crippen LogP contribution in [-0.2, 0) is 21.4 Å². The first-order valence-electron chi connectivity index (χ1n) is 10.8. The Kier molecular flexibility index (Phi) is 8.48. The molecule has 0 spiro atoms. The lowest BCUT2D eigenvalue weighted by molar-refractivity contribution is -0.119. The number of ether oxygens (including phenoxy) is 2. The first kappa shape index (κ1) is 25.0. The van der Waals surface area contributed by atoms with Crippen LogP contribution in [0.3, 0.4) is 0 Å². The number of sulfonamides is 1. The van der Waals surface area contributed by atoms with Crippen molar-refractivity contribution in [2.45, 2.75) is 25.3 Å². The van der Waals surface area contributed by atoms with E-state index >= 15 is 0 Å². The van der Waals surface area contributed by atoms with Crippen LogP contribution in [0.5, 0.6) is 11.5 Å². The van der Waals surface area contributed by atoms with Crippen LogP contribution >= 0.6 is 0 Å². The van der Waals surface area contributed by atoms with Crippen LogP contribution in [0.1, 0.15) is 19.4 Å². The Morgan fingerprint density at radius 3 is 2.21 bits per heavy atom. The van der Waals surface area contributed by atoms with Crippen LogP contribution < -0.4 is 19.1 Å². The third kappa shape index (κ3) is 6.48. The smallest absolute Gasteiger partial charge is 0.264 e. The van der Waals surface area contributed by atoms with E-state index in [0.717, 1.165) is 22.0 Å². The van der Waals surface area contributed by atoms with Crippen molar-refractivity contribution in [2.75, 3.05) is 24.1 Å². The lowest BCUT2D eigenvalue weighted by atomic mass is 10.2. The molecule has 9 heteroatoms. The van der Waals surface area contributed by atoms with E-state index in [9.17, 15) is 17.6 Å².